The first-order valence-corrected chi connectivity index (χ1v) is 4.52. The van der Waals surface area contributed by atoms with Crippen molar-refractivity contribution in [3.05, 3.63) is 0 Å². The second-order valence-electron chi connectivity index (χ2n) is 3.54. The summed E-state index contributed by atoms with van der Waals surface area (Å²) in [6.45, 7) is 8.57. The minimum atomic E-state index is 0.635. The van der Waals surface area contributed by atoms with Gasteiger partial charge in [-0.1, -0.05) is 13.3 Å². The fourth-order valence-electron chi connectivity index (χ4n) is 0.988. The van der Waals surface area contributed by atoms with E-state index in [1.165, 1.54) is 6.42 Å². The average molecular weight is 158 g/mol. The van der Waals surface area contributed by atoms with Crippen LogP contribution >= 0.6 is 0 Å². The number of hydrogen-bond donors (Lipinski definition) is 1. The smallest absolute Gasteiger partial charge is 0.00356 e. The Morgan fingerprint density at radius 2 is 1.91 bits per heavy atom. The lowest BCUT2D eigenvalue weighted by molar-refractivity contribution is 0.229. The highest BCUT2D eigenvalue weighted by molar-refractivity contribution is 4.65. The van der Waals surface area contributed by atoms with E-state index in [-0.39, 0.29) is 0 Å². The van der Waals surface area contributed by atoms with Crippen molar-refractivity contribution in [2.75, 3.05) is 20.1 Å². The van der Waals surface area contributed by atoms with E-state index in [2.05, 4.69) is 32.7 Å². The highest BCUT2D eigenvalue weighted by Crippen LogP contribution is 2.04. The van der Waals surface area contributed by atoms with Gasteiger partial charge in [0.15, 0.2) is 0 Å². The maximum Gasteiger partial charge on any atom is 0.00356 e. The van der Waals surface area contributed by atoms with E-state index in [0.29, 0.717) is 12.0 Å². The van der Waals surface area contributed by atoms with Crippen molar-refractivity contribution in [1.29, 1.82) is 0 Å². The van der Waals surface area contributed by atoms with Crippen LogP contribution < -0.4 is 5.73 Å². The molecule has 11 heavy (non-hydrogen) atoms. The molecule has 1 unspecified atom stereocenters. The molecule has 2 N–H and O–H groups in total. The topological polar surface area (TPSA) is 29.3 Å². The average Bonchev–Trinajstić information content (AvgIpc) is 1.99. The van der Waals surface area contributed by atoms with Gasteiger partial charge < -0.3 is 10.6 Å². The van der Waals surface area contributed by atoms with Crippen LogP contribution in [0, 0.1) is 5.92 Å². The van der Waals surface area contributed by atoms with Crippen LogP contribution in [0.5, 0.6) is 0 Å². The molecule has 0 heterocycles. The third-order valence-electron chi connectivity index (χ3n) is 2.34. The Hall–Kier alpha value is -0.0800. The van der Waals surface area contributed by atoms with Crippen molar-refractivity contribution >= 4 is 0 Å². The Kier molecular flexibility index (Phi) is 5.51. The zero-order valence-electron chi connectivity index (χ0n) is 8.30. The van der Waals surface area contributed by atoms with Crippen molar-refractivity contribution in [3.63, 3.8) is 0 Å². The van der Waals surface area contributed by atoms with Gasteiger partial charge in [0.1, 0.15) is 0 Å². The highest BCUT2D eigenvalue weighted by atomic mass is 15.1. The van der Waals surface area contributed by atoms with Crippen LogP contribution in [-0.4, -0.2) is 31.1 Å². The monoisotopic (exact) mass is 158 g/mol. The van der Waals surface area contributed by atoms with Crippen LogP contribution in [0.25, 0.3) is 0 Å². The lowest BCUT2D eigenvalue weighted by atomic mass is 10.1. The van der Waals surface area contributed by atoms with Gasteiger partial charge in [0.2, 0.25) is 0 Å². The van der Waals surface area contributed by atoms with Crippen molar-refractivity contribution in [3.8, 4) is 0 Å². The van der Waals surface area contributed by atoms with Crippen LogP contribution in [-0.2, 0) is 0 Å². The van der Waals surface area contributed by atoms with Crippen LogP contribution in [0.1, 0.15) is 27.2 Å². The normalized spacial score (nSPS) is 14.5. The van der Waals surface area contributed by atoms with Crippen molar-refractivity contribution in [2.24, 2.45) is 11.7 Å². The minimum Gasteiger partial charge on any atom is -0.330 e. The Bertz CT molecular complexity index is 87.6. The first kappa shape index (κ1) is 10.9. The molecule has 68 valence electrons. The second-order valence-corrected chi connectivity index (χ2v) is 3.54. The molecule has 0 aliphatic rings. The fraction of sp³-hybridized carbons (Fsp3) is 1.00. The predicted molar refractivity (Wildman–Crippen MR) is 50.6 cm³/mol. The Balaban J connectivity index is 3.62. The largest absolute Gasteiger partial charge is 0.330 e. The van der Waals surface area contributed by atoms with E-state index in [1.54, 1.807) is 0 Å². The third-order valence-corrected chi connectivity index (χ3v) is 2.34. The lowest BCUT2D eigenvalue weighted by Crippen LogP contribution is -2.34. The van der Waals surface area contributed by atoms with E-state index >= 15 is 0 Å². The summed E-state index contributed by atoms with van der Waals surface area (Å²) in [6, 6.07) is 0.635. The molecular weight excluding hydrogens is 136 g/mol. The van der Waals surface area contributed by atoms with Gasteiger partial charge in [-0.2, -0.15) is 0 Å². The van der Waals surface area contributed by atoms with Gasteiger partial charge in [0.05, 0.1) is 0 Å². The molecule has 0 radical (unpaired) electrons. The number of nitrogens with two attached hydrogens (primary N) is 1. The molecule has 0 aromatic carbocycles. The zero-order chi connectivity index (χ0) is 8.85. The van der Waals surface area contributed by atoms with Gasteiger partial charge in [-0.25, -0.2) is 0 Å². The molecule has 0 fully saturated rings. The van der Waals surface area contributed by atoms with Gasteiger partial charge in [0, 0.05) is 12.6 Å². The summed E-state index contributed by atoms with van der Waals surface area (Å²) in [5, 5.41) is 0. The summed E-state index contributed by atoms with van der Waals surface area (Å²) >= 11 is 0. The molecular formula is C9H22N2. The Morgan fingerprint density at radius 1 is 1.36 bits per heavy atom. The Labute approximate surface area is 70.8 Å². The van der Waals surface area contributed by atoms with Gasteiger partial charge >= 0.3 is 0 Å². The summed E-state index contributed by atoms with van der Waals surface area (Å²) in [7, 11) is 2.16. The van der Waals surface area contributed by atoms with Gasteiger partial charge in [-0.05, 0) is 33.4 Å². The first-order chi connectivity index (χ1) is 5.11. The quantitative estimate of drug-likeness (QED) is 0.653. The van der Waals surface area contributed by atoms with E-state index in [4.69, 9.17) is 5.73 Å². The third kappa shape index (κ3) is 4.38. The summed E-state index contributed by atoms with van der Waals surface area (Å²) < 4.78 is 0. The molecule has 0 aromatic rings. The summed E-state index contributed by atoms with van der Waals surface area (Å²) in [6.07, 6.45) is 1.19. The molecule has 0 amide bonds. The molecule has 1 atom stereocenters. The molecule has 0 aliphatic heterocycles. The summed E-state index contributed by atoms with van der Waals surface area (Å²) in [5.41, 5.74) is 5.61. The van der Waals surface area contributed by atoms with E-state index in [0.717, 1.165) is 13.1 Å². The lowest BCUT2D eigenvalue weighted by Gasteiger charge is -2.25. The number of hydrogen-bond acceptors (Lipinski definition) is 2. The van der Waals surface area contributed by atoms with Crippen LogP contribution in [0.3, 0.4) is 0 Å². The van der Waals surface area contributed by atoms with E-state index in [1.807, 2.05) is 0 Å². The molecule has 2 nitrogen and oxygen atoms in total. The van der Waals surface area contributed by atoms with Crippen LogP contribution in [0.15, 0.2) is 0 Å². The van der Waals surface area contributed by atoms with Gasteiger partial charge in [0.25, 0.3) is 0 Å². The standard InChI is InChI=1S/C9H22N2/c1-5-9(6-10)7-11(4)8(2)3/h8-9H,5-7,10H2,1-4H3. The minimum absolute atomic E-state index is 0.635. The van der Waals surface area contributed by atoms with Gasteiger partial charge in [-0.15, -0.1) is 0 Å². The maximum absolute atomic E-state index is 5.61. The maximum atomic E-state index is 5.61. The molecule has 0 spiro atoms. The molecule has 0 bridgehead atoms. The number of rotatable bonds is 5. The molecule has 0 aliphatic carbocycles. The first-order valence-electron chi connectivity index (χ1n) is 4.52. The molecule has 0 saturated carbocycles. The van der Waals surface area contributed by atoms with E-state index in [9.17, 15) is 0 Å². The molecule has 2 heteroatoms. The number of nitrogens with zero attached hydrogens (tertiary/aromatic N) is 1. The van der Waals surface area contributed by atoms with Gasteiger partial charge in [-0.3, -0.25) is 0 Å². The summed E-state index contributed by atoms with van der Waals surface area (Å²) in [4.78, 5) is 2.35. The predicted octanol–water partition coefficient (Wildman–Crippen LogP) is 1.31. The van der Waals surface area contributed by atoms with E-state index < -0.39 is 0 Å². The highest BCUT2D eigenvalue weighted by Gasteiger charge is 2.09. The fourth-order valence-corrected chi connectivity index (χ4v) is 0.988. The van der Waals surface area contributed by atoms with Crippen LogP contribution in [0.2, 0.25) is 0 Å². The van der Waals surface area contributed by atoms with Crippen molar-refractivity contribution in [2.45, 2.75) is 33.2 Å². The van der Waals surface area contributed by atoms with Crippen molar-refractivity contribution in [1.82, 2.24) is 4.90 Å². The zero-order valence-corrected chi connectivity index (χ0v) is 8.30. The molecule has 0 aromatic heterocycles. The van der Waals surface area contributed by atoms with Crippen LogP contribution in [0.4, 0.5) is 0 Å². The second kappa shape index (κ2) is 5.56. The molecule has 0 saturated heterocycles. The molecule has 0 rings (SSSR count). The van der Waals surface area contributed by atoms with Crippen molar-refractivity contribution < 1.29 is 0 Å². The SMILES string of the molecule is CCC(CN)CN(C)C(C)C. The summed E-state index contributed by atoms with van der Waals surface area (Å²) in [5.74, 6) is 0.669. The Morgan fingerprint density at radius 3 is 2.18 bits per heavy atom.